The molecular weight excluding hydrogens is 416 g/mol. The molecule has 0 saturated carbocycles. The summed E-state index contributed by atoms with van der Waals surface area (Å²) in [6.07, 6.45) is 1.20. The van der Waals surface area contributed by atoms with Gasteiger partial charge in [-0.25, -0.2) is 4.79 Å². The number of rotatable bonds is 12. The van der Waals surface area contributed by atoms with E-state index in [4.69, 9.17) is 0 Å². The molecule has 1 aliphatic heterocycles. The van der Waals surface area contributed by atoms with E-state index in [-0.39, 0.29) is 19.0 Å². The van der Waals surface area contributed by atoms with E-state index in [2.05, 4.69) is 16.0 Å². The standard InChI is InChI=1S/C22H32N4O6/c1-2-26(16-8-10-23-11-9-16)14-19(27)24-17(13-20(28)29)21(30)25-18(22(31)32)12-15-6-4-3-5-7-15/h3-7,16-18,23H,2,8-14H2,1H3,(H,24,27)(H,25,30)(H,28,29)(H,31,32). The summed E-state index contributed by atoms with van der Waals surface area (Å²) in [5.74, 6) is -3.83. The molecule has 0 bridgehead atoms. The van der Waals surface area contributed by atoms with Gasteiger partial charge in [-0.2, -0.15) is 0 Å². The van der Waals surface area contributed by atoms with Crippen LogP contribution in [0.25, 0.3) is 0 Å². The van der Waals surface area contributed by atoms with Crippen molar-refractivity contribution in [3.05, 3.63) is 35.9 Å². The van der Waals surface area contributed by atoms with Crippen LogP contribution in [0.1, 0.15) is 31.7 Å². The van der Waals surface area contributed by atoms with Crippen molar-refractivity contribution in [1.82, 2.24) is 20.9 Å². The summed E-state index contributed by atoms with van der Waals surface area (Å²) in [7, 11) is 0. The van der Waals surface area contributed by atoms with Gasteiger partial charge in [0, 0.05) is 12.5 Å². The van der Waals surface area contributed by atoms with Crippen LogP contribution in [0.4, 0.5) is 0 Å². The molecule has 32 heavy (non-hydrogen) atoms. The molecule has 0 radical (unpaired) electrons. The summed E-state index contributed by atoms with van der Waals surface area (Å²) in [5.41, 5.74) is 0.708. The summed E-state index contributed by atoms with van der Waals surface area (Å²) in [4.78, 5) is 50.2. The third-order valence-corrected chi connectivity index (χ3v) is 5.51. The van der Waals surface area contributed by atoms with Gasteiger partial charge in [0.2, 0.25) is 11.8 Å². The van der Waals surface area contributed by atoms with Gasteiger partial charge in [-0.05, 0) is 38.0 Å². The molecule has 0 aliphatic carbocycles. The highest BCUT2D eigenvalue weighted by atomic mass is 16.4. The number of carbonyl (C=O) groups is 4. The van der Waals surface area contributed by atoms with Crippen molar-refractivity contribution in [2.24, 2.45) is 0 Å². The summed E-state index contributed by atoms with van der Waals surface area (Å²) >= 11 is 0. The second-order valence-corrected chi connectivity index (χ2v) is 7.85. The third kappa shape index (κ3) is 8.27. The number of hydrogen-bond donors (Lipinski definition) is 5. The zero-order chi connectivity index (χ0) is 23.5. The first-order valence-electron chi connectivity index (χ1n) is 10.8. The molecule has 1 fully saturated rings. The molecule has 2 rings (SSSR count). The molecule has 1 aromatic rings. The molecule has 0 spiro atoms. The first-order chi connectivity index (χ1) is 15.3. The highest BCUT2D eigenvalue weighted by Crippen LogP contribution is 2.11. The van der Waals surface area contributed by atoms with E-state index in [9.17, 15) is 29.4 Å². The second kappa shape index (κ2) is 12.8. The first-order valence-corrected chi connectivity index (χ1v) is 10.8. The van der Waals surface area contributed by atoms with Gasteiger partial charge < -0.3 is 26.2 Å². The van der Waals surface area contributed by atoms with Crippen molar-refractivity contribution in [3.63, 3.8) is 0 Å². The van der Waals surface area contributed by atoms with Crippen molar-refractivity contribution >= 4 is 23.8 Å². The van der Waals surface area contributed by atoms with Crippen molar-refractivity contribution in [2.45, 2.75) is 50.7 Å². The predicted octanol–water partition coefficient (Wildman–Crippen LogP) is -0.168. The lowest BCUT2D eigenvalue weighted by atomic mass is 10.0. The number of likely N-dealkylation sites (N-methyl/N-ethyl adjacent to an activating group) is 1. The zero-order valence-corrected chi connectivity index (χ0v) is 18.3. The summed E-state index contributed by atoms with van der Waals surface area (Å²) in [6, 6.07) is 6.39. The Hall–Kier alpha value is -2.98. The Kier molecular flexibility index (Phi) is 10.1. The van der Waals surface area contributed by atoms with E-state index in [1.165, 1.54) is 0 Å². The van der Waals surface area contributed by atoms with Gasteiger partial charge in [-0.3, -0.25) is 19.3 Å². The third-order valence-electron chi connectivity index (χ3n) is 5.51. The van der Waals surface area contributed by atoms with Crippen LogP contribution in [0.2, 0.25) is 0 Å². The van der Waals surface area contributed by atoms with Crippen LogP contribution in [-0.2, 0) is 25.6 Å². The van der Waals surface area contributed by atoms with Crippen LogP contribution in [-0.4, -0.2) is 83.2 Å². The smallest absolute Gasteiger partial charge is 0.326 e. The predicted molar refractivity (Wildman–Crippen MR) is 117 cm³/mol. The Labute approximate surface area is 187 Å². The minimum atomic E-state index is -1.37. The Morgan fingerprint density at radius 1 is 1.06 bits per heavy atom. The van der Waals surface area contributed by atoms with Gasteiger partial charge in [-0.15, -0.1) is 0 Å². The van der Waals surface area contributed by atoms with Crippen LogP contribution in [0.5, 0.6) is 0 Å². The lowest BCUT2D eigenvalue weighted by Crippen LogP contribution is -2.55. The topological polar surface area (TPSA) is 148 Å². The average molecular weight is 449 g/mol. The Balaban J connectivity index is 2.01. The van der Waals surface area contributed by atoms with Crippen LogP contribution in [0.3, 0.4) is 0 Å². The minimum absolute atomic E-state index is 0.0367. The number of piperidine rings is 1. The van der Waals surface area contributed by atoms with Gasteiger partial charge in [0.25, 0.3) is 0 Å². The minimum Gasteiger partial charge on any atom is -0.481 e. The number of carboxylic acid groups (broad SMARTS) is 2. The van der Waals surface area contributed by atoms with Crippen LogP contribution in [0, 0.1) is 0 Å². The molecule has 1 saturated heterocycles. The fourth-order valence-corrected chi connectivity index (χ4v) is 3.80. The zero-order valence-electron chi connectivity index (χ0n) is 18.3. The van der Waals surface area contributed by atoms with Gasteiger partial charge in [0.1, 0.15) is 12.1 Å². The van der Waals surface area contributed by atoms with E-state index in [0.29, 0.717) is 12.1 Å². The maximum Gasteiger partial charge on any atom is 0.326 e. The monoisotopic (exact) mass is 448 g/mol. The molecular formula is C22H32N4O6. The molecule has 2 unspecified atom stereocenters. The van der Waals surface area contributed by atoms with Crippen LogP contribution < -0.4 is 16.0 Å². The Morgan fingerprint density at radius 3 is 2.28 bits per heavy atom. The van der Waals surface area contributed by atoms with E-state index in [1.807, 2.05) is 11.8 Å². The fourth-order valence-electron chi connectivity index (χ4n) is 3.80. The highest BCUT2D eigenvalue weighted by molar-refractivity contribution is 5.93. The lowest BCUT2D eigenvalue weighted by Gasteiger charge is -2.33. The molecule has 1 aromatic carbocycles. The highest BCUT2D eigenvalue weighted by Gasteiger charge is 2.29. The summed E-state index contributed by atoms with van der Waals surface area (Å²) in [6.45, 7) is 4.36. The quantitative estimate of drug-likeness (QED) is 0.296. The van der Waals surface area contributed by atoms with E-state index in [0.717, 1.165) is 25.9 Å². The largest absolute Gasteiger partial charge is 0.481 e. The number of aliphatic carboxylic acids is 2. The summed E-state index contributed by atoms with van der Waals surface area (Å²) < 4.78 is 0. The Bertz CT molecular complexity index is 782. The molecule has 176 valence electrons. The number of nitrogens with zero attached hydrogens (tertiary/aromatic N) is 1. The van der Waals surface area contributed by atoms with Crippen molar-refractivity contribution < 1.29 is 29.4 Å². The van der Waals surface area contributed by atoms with Gasteiger partial charge in [-0.1, -0.05) is 37.3 Å². The summed E-state index contributed by atoms with van der Waals surface area (Å²) in [5, 5.41) is 26.8. The van der Waals surface area contributed by atoms with Gasteiger partial charge in [0.15, 0.2) is 0 Å². The normalized spacial score (nSPS) is 16.2. The fraction of sp³-hybridized carbons (Fsp3) is 0.545. The van der Waals surface area contributed by atoms with E-state index >= 15 is 0 Å². The molecule has 2 amide bonds. The molecule has 10 heteroatoms. The molecule has 10 nitrogen and oxygen atoms in total. The molecule has 1 aliphatic rings. The number of amides is 2. The molecule has 2 atom stereocenters. The number of benzene rings is 1. The van der Waals surface area contributed by atoms with Gasteiger partial charge >= 0.3 is 11.9 Å². The van der Waals surface area contributed by atoms with Crippen molar-refractivity contribution in [3.8, 4) is 0 Å². The van der Waals surface area contributed by atoms with E-state index < -0.39 is 42.3 Å². The van der Waals surface area contributed by atoms with Crippen molar-refractivity contribution in [1.29, 1.82) is 0 Å². The van der Waals surface area contributed by atoms with Crippen LogP contribution in [0.15, 0.2) is 30.3 Å². The molecule has 0 aromatic heterocycles. The lowest BCUT2D eigenvalue weighted by molar-refractivity contribution is -0.143. The average Bonchev–Trinajstić information content (AvgIpc) is 2.77. The number of nitrogens with one attached hydrogen (secondary N) is 3. The molecule has 5 N–H and O–H groups in total. The Morgan fingerprint density at radius 2 is 1.72 bits per heavy atom. The van der Waals surface area contributed by atoms with Crippen LogP contribution >= 0.6 is 0 Å². The SMILES string of the molecule is CCN(CC(=O)NC(CC(=O)O)C(=O)NC(Cc1ccccc1)C(=O)O)C1CCNCC1. The molecule has 1 heterocycles. The number of carboxylic acids is 2. The number of hydrogen-bond acceptors (Lipinski definition) is 6. The van der Waals surface area contributed by atoms with Crippen molar-refractivity contribution in [2.75, 3.05) is 26.2 Å². The first kappa shape index (κ1) is 25.3. The maximum absolute atomic E-state index is 12.7. The van der Waals surface area contributed by atoms with Gasteiger partial charge in [0.05, 0.1) is 13.0 Å². The number of carbonyl (C=O) groups excluding carboxylic acids is 2. The second-order valence-electron chi connectivity index (χ2n) is 7.85. The maximum atomic E-state index is 12.7. The van der Waals surface area contributed by atoms with E-state index in [1.54, 1.807) is 30.3 Å².